The van der Waals surface area contributed by atoms with E-state index in [4.69, 9.17) is 0 Å². The summed E-state index contributed by atoms with van der Waals surface area (Å²) < 4.78 is 0. The quantitative estimate of drug-likeness (QED) is 0.897. The van der Waals surface area contributed by atoms with Gasteiger partial charge in [-0.05, 0) is 50.4 Å². The largest absolute Gasteiger partial charge is 0.348 e. The molecule has 1 saturated heterocycles. The van der Waals surface area contributed by atoms with E-state index in [9.17, 15) is 0 Å². The minimum Gasteiger partial charge on any atom is -0.348 e. The highest BCUT2D eigenvalue weighted by Gasteiger charge is 2.42. The molecule has 1 aliphatic heterocycles. The maximum Gasteiger partial charge on any atom is 0.185 e. The lowest BCUT2D eigenvalue weighted by Crippen LogP contribution is -2.47. The number of hydrogen-bond acceptors (Lipinski definition) is 4. The molecular weight excluding hydrogens is 254 g/mol. The number of hydrogen-bond donors (Lipinski definition) is 1. The van der Waals surface area contributed by atoms with Crippen molar-refractivity contribution in [3.63, 3.8) is 0 Å². The summed E-state index contributed by atoms with van der Waals surface area (Å²) in [6.45, 7) is 2.35. The van der Waals surface area contributed by atoms with Crippen LogP contribution in [0.4, 0.5) is 5.13 Å². The van der Waals surface area contributed by atoms with E-state index in [0.717, 1.165) is 23.9 Å². The average molecular weight is 277 g/mol. The average Bonchev–Trinajstić information content (AvgIpc) is 3.37. The number of piperidine rings is 1. The molecule has 0 bridgehead atoms. The first-order valence-corrected chi connectivity index (χ1v) is 8.68. The summed E-state index contributed by atoms with van der Waals surface area (Å²) in [4.78, 5) is 6.88. The topological polar surface area (TPSA) is 28.2 Å². The van der Waals surface area contributed by atoms with Crippen LogP contribution < -0.4 is 10.2 Å². The molecule has 3 nitrogen and oxygen atoms in total. The summed E-state index contributed by atoms with van der Waals surface area (Å²) in [5, 5.41) is 7.29. The zero-order valence-corrected chi connectivity index (χ0v) is 12.2. The molecule has 0 amide bonds. The number of thiazole rings is 1. The van der Waals surface area contributed by atoms with E-state index in [1.165, 1.54) is 56.7 Å². The first kappa shape index (κ1) is 12.2. The van der Waals surface area contributed by atoms with Crippen molar-refractivity contribution >= 4 is 16.5 Å². The molecule has 2 aliphatic carbocycles. The van der Waals surface area contributed by atoms with E-state index in [1.54, 1.807) is 11.3 Å². The molecule has 1 aromatic rings. The number of aromatic nitrogens is 1. The second kappa shape index (κ2) is 5.06. The van der Waals surface area contributed by atoms with Crippen LogP contribution in [0.1, 0.15) is 38.5 Å². The minimum atomic E-state index is 0.752. The Labute approximate surface area is 119 Å². The van der Waals surface area contributed by atoms with Gasteiger partial charge in [0.2, 0.25) is 0 Å². The Kier molecular flexibility index (Phi) is 3.24. The minimum absolute atomic E-state index is 0.752. The second-order valence-corrected chi connectivity index (χ2v) is 7.32. The van der Waals surface area contributed by atoms with Crippen molar-refractivity contribution in [3.05, 3.63) is 11.6 Å². The molecule has 0 spiro atoms. The molecule has 0 atom stereocenters. The van der Waals surface area contributed by atoms with Crippen molar-refractivity contribution in [2.24, 2.45) is 11.8 Å². The zero-order valence-electron chi connectivity index (χ0n) is 11.4. The van der Waals surface area contributed by atoms with Crippen molar-refractivity contribution in [2.75, 3.05) is 18.0 Å². The van der Waals surface area contributed by atoms with Crippen LogP contribution in [0.25, 0.3) is 0 Å². The highest BCUT2D eigenvalue weighted by Crippen LogP contribution is 2.45. The van der Waals surface area contributed by atoms with E-state index in [1.807, 2.05) is 6.20 Å². The van der Waals surface area contributed by atoms with Crippen molar-refractivity contribution in [1.82, 2.24) is 10.3 Å². The monoisotopic (exact) mass is 277 g/mol. The highest BCUT2D eigenvalue weighted by atomic mass is 32.1. The van der Waals surface area contributed by atoms with Crippen molar-refractivity contribution < 1.29 is 0 Å². The van der Waals surface area contributed by atoms with E-state index in [2.05, 4.69) is 20.6 Å². The fourth-order valence-corrected chi connectivity index (χ4v) is 4.15. The molecular formula is C15H23N3S. The van der Waals surface area contributed by atoms with Crippen molar-refractivity contribution in [3.8, 4) is 0 Å². The molecule has 104 valence electrons. The Balaban J connectivity index is 1.30. The molecule has 0 aromatic carbocycles. The van der Waals surface area contributed by atoms with Crippen LogP contribution in [0, 0.1) is 11.8 Å². The van der Waals surface area contributed by atoms with Crippen molar-refractivity contribution in [1.29, 1.82) is 0 Å². The van der Waals surface area contributed by atoms with Crippen LogP contribution in [0.15, 0.2) is 11.6 Å². The van der Waals surface area contributed by atoms with Gasteiger partial charge in [0.15, 0.2) is 5.13 Å². The van der Waals surface area contributed by atoms with Crippen LogP contribution in [0.3, 0.4) is 0 Å². The van der Waals surface area contributed by atoms with Gasteiger partial charge < -0.3 is 10.2 Å². The van der Waals surface area contributed by atoms with Crippen LogP contribution in [0.2, 0.25) is 0 Å². The van der Waals surface area contributed by atoms with Gasteiger partial charge in [-0.2, -0.15) is 0 Å². The molecule has 0 unspecified atom stereocenters. The smallest absolute Gasteiger partial charge is 0.185 e. The molecule has 19 heavy (non-hydrogen) atoms. The Morgan fingerprint density at radius 3 is 2.32 bits per heavy atom. The Bertz CT molecular complexity index is 391. The fraction of sp³-hybridized carbons (Fsp3) is 0.800. The van der Waals surface area contributed by atoms with E-state index in [-0.39, 0.29) is 0 Å². The van der Waals surface area contributed by atoms with Crippen LogP contribution in [-0.2, 0) is 0 Å². The van der Waals surface area contributed by atoms with Crippen LogP contribution in [0.5, 0.6) is 0 Å². The molecule has 1 aromatic heterocycles. The lowest BCUT2D eigenvalue weighted by atomic mass is 10.0. The van der Waals surface area contributed by atoms with Gasteiger partial charge in [0.25, 0.3) is 0 Å². The van der Waals surface area contributed by atoms with Gasteiger partial charge in [0.05, 0.1) is 0 Å². The molecule has 1 N–H and O–H groups in total. The number of anilines is 1. The third-order valence-corrected chi connectivity index (χ3v) is 5.70. The second-order valence-electron chi connectivity index (χ2n) is 6.44. The fourth-order valence-electron chi connectivity index (χ4n) is 3.45. The third-order valence-electron chi connectivity index (χ3n) is 4.87. The first-order chi connectivity index (χ1) is 9.40. The summed E-state index contributed by atoms with van der Waals surface area (Å²) in [5.74, 6) is 2.04. The highest BCUT2D eigenvalue weighted by molar-refractivity contribution is 7.13. The van der Waals surface area contributed by atoms with Gasteiger partial charge in [-0.15, -0.1) is 11.3 Å². The maximum absolute atomic E-state index is 4.43. The Morgan fingerprint density at radius 2 is 1.79 bits per heavy atom. The van der Waals surface area contributed by atoms with Crippen LogP contribution >= 0.6 is 11.3 Å². The van der Waals surface area contributed by atoms with Gasteiger partial charge in [0, 0.05) is 36.8 Å². The number of nitrogens with zero attached hydrogens (tertiary/aromatic N) is 2. The molecule has 4 heteroatoms. The van der Waals surface area contributed by atoms with Crippen LogP contribution in [-0.4, -0.2) is 30.2 Å². The maximum atomic E-state index is 4.43. The van der Waals surface area contributed by atoms with Crippen molar-refractivity contribution in [2.45, 2.75) is 50.6 Å². The lowest BCUT2D eigenvalue weighted by molar-refractivity contribution is 0.322. The molecule has 4 rings (SSSR count). The zero-order chi connectivity index (χ0) is 12.7. The molecule has 3 fully saturated rings. The summed E-state index contributed by atoms with van der Waals surface area (Å²) in [7, 11) is 0. The van der Waals surface area contributed by atoms with Gasteiger partial charge in [-0.25, -0.2) is 4.98 Å². The molecule has 2 heterocycles. The Hall–Kier alpha value is -0.610. The normalized spacial score (nSPS) is 25.2. The third kappa shape index (κ3) is 2.79. The number of rotatable bonds is 5. The Morgan fingerprint density at radius 1 is 1.11 bits per heavy atom. The van der Waals surface area contributed by atoms with Gasteiger partial charge in [0.1, 0.15) is 0 Å². The van der Waals surface area contributed by atoms with Gasteiger partial charge >= 0.3 is 0 Å². The first-order valence-electron chi connectivity index (χ1n) is 7.80. The predicted molar refractivity (Wildman–Crippen MR) is 79.7 cm³/mol. The number of nitrogens with one attached hydrogen (secondary N) is 1. The molecule has 0 radical (unpaired) electrons. The van der Waals surface area contributed by atoms with E-state index < -0.39 is 0 Å². The van der Waals surface area contributed by atoms with Gasteiger partial charge in [-0.3, -0.25) is 0 Å². The summed E-state index contributed by atoms with van der Waals surface area (Å²) >= 11 is 1.77. The molecule has 2 saturated carbocycles. The summed E-state index contributed by atoms with van der Waals surface area (Å²) in [5.41, 5.74) is 0. The molecule has 3 aliphatic rings. The lowest BCUT2D eigenvalue weighted by Gasteiger charge is -2.34. The van der Waals surface area contributed by atoms with Gasteiger partial charge in [-0.1, -0.05) is 0 Å². The summed E-state index contributed by atoms with van der Waals surface area (Å²) in [6.07, 6.45) is 10.4. The predicted octanol–water partition coefficient (Wildman–Crippen LogP) is 2.89. The van der Waals surface area contributed by atoms with E-state index >= 15 is 0 Å². The SMILES string of the molecule is c1csc(N2CCC(NC(C3CC3)C3CC3)CC2)n1. The standard InChI is InChI=1S/C15H23N3S/c1-2-11(1)14(12-3-4-12)17-13-5-8-18(9-6-13)15-16-7-10-19-15/h7,10-14,17H,1-6,8-9H2. The van der Waals surface area contributed by atoms with E-state index in [0.29, 0.717) is 0 Å². The summed E-state index contributed by atoms with van der Waals surface area (Å²) in [6, 6.07) is 1.61.